The van der Waals surface area contributed by atoms with E-state index in [1.165, 1.54) is 0 Å². The molecule has 3 aromatic rings. The van der Waals surface area contributed by atoms with Crippen molar-refractivity contribution in [1.82, 2.24) is 10.2 Å². The summed E-state index contributed by atoms with van der Waals surface area (Å²) in [5, 5.41) is 10.6. The number of hydrogen-bond acceptors (Lipinski definition) is 6. The monoisotopic (exact) mass is 406 g/mol. The molecule has 1 atom stereocenters. The fraction of sp³-hybridized carbons (Fsp3) is 0.273. The van der Waals surface area contributed by atoms with Crippen molar-refractivity contribution >= 4 is 23.5 Å². The predicted molar refractivity (Wildman–Crippen MR) is 111 cm³/mol. The summed E-state index contributed by atoms with van der Waals surface area (Å²) in [5.41, 5.74) is 2.28. The summed E-state index contributed by atoms with van der Waals surface area (Å²) >= 11 is 0. The van der Waals surface area contributed by atoms with Gasteiger partial charge in [0.15, 0.2) is 0 Å². The lowest BCUT2D eigenvalue weighted by molar-refractivity contribution is -0.117. The van der Waals surface area contributed by atoms with E-state index in [2.05, 4.69) is 15.5 Å². The van der Waals surface area contributed by atoms with Crippen molar-refractivity contribution in [2.24, 2.45) is 0 Å². The third-order valence-corrected chi connectivity index (χ3v) is 4.88. The molecule has 0 radical (unpaired) electrons. The van der Waals surface area contributed by atoms with Crippen LogP contribution in [0.4, 0.5) is 11.7 Å². The van der Waals surface area contributed by atoms with Crippen LogP contribution in [-0.2, 0) is 4.79 Å². The maximum absolute atomic E-state index is 12.5. The minimum absolute atomic E-state index is 0.0171. The zero-order valence-electron chi connectivity index (χ0n) is 16.8. The van der Waals surface area contributed by atoms with Crippen LogP contribution in [0.15, 0.2) is 52.9 Å². The van der Waals surface area contributed by atoms with Gasteiger partial charge in [-0.3, -0.25) is 14.9 Å². The van der Waals surface area contributed by atoms with Crippen LogP contribution in [0.2, 0.25) is 0 Å². The Balaban J connectivity index is 1.42. The molecule has 1 N–H and O–H groups in total. The number of anilines is 2. The van der Waals surface area contributed by atoms with Gasteiger partial charge in [-0.05, 0) is 50.2 Å². The lowest BCUT2D eigenvalue weighted by Crippen LogP contribution is -2.24. The van der Waals surface area contributed by atoms with Crippen molar-refractivity contribution in [2.75, 3.05) is 23.4 Å². The molecule has 0 spiro atoms. The molecule has 1 aromatic heterocycles. The average Bonchev–Trinajstić information content (AvgIpc) is 3.35. The smallest absolute Gasteiger partial charge is 0.322 e. The van der Waals surface area contributed by atoms with Crippen molar-refractivity contribution in [2.45, 2.75) is 26.2 Å². The molecule has 1 saturated heterocycles. The number of aryl methyl sites for hydroxylation is 1. The molecular formula is C22H22N4O4. The number of aromatic nitrogens is 2. The predicted octanol–water partition coefficient (Wildman–Crippen LogP) is 3.55. The van der Waals surface area contributed by atoms with Gasteiger partial charge in [0, 0.05) is 24.2 Å². The molecule has 1 aliphatic rings. The number of nitrogens with one attached hydrogen (secondary N) is 1. The van der Waals surface area contributed by atoms with Crippen LogP contribution in [-0.4, -0.2) is 35.2 Å². The van der Waals surface area contributed by atoms with Gasteiger partial charge in [-0.2, -0.15) is 0 Å². The van der Waals surface area contributed by atoms with E-state index in [9.17, 15) is 9.59 Å². The van der Waals surface area contributed by atoms with Crippen LogP contribution in [0.3, 0.4) is 0 Å². The van der Waals surface area contributed by atoms with E-state index < -0.39 is 0 Å². The second kappa shape index (κ2) is 8.36. The molecule has 2 aromatic carbocycles. The molecule has 0 saturated carbocycles. The first kappa shape index (κ1) is 19.6. The highest BCUT2D eigenvalue weighted by Crippen LogP contribution is 2.32. The van der Waals surface area contributed by atoms with Crippen LogP contribution in [0.5, 0.6) is 5.75 Å². The molecule has 0 bridgehead atoms. The second-order valence-electron chi connectivity index (χ2n) is 7.10. The maximum atomic E-state index is 12.5. The molecule has 0 unspecified atom stereocenters. The molecule has 8 heteroatoms. The summed E-state index contributed by atoms with van der Waals surface area (Å²) in [7, 11) is 0. The number of amides is 2. The van der Waals surface area contributed by atoms with E-state index in [1.54, 1.807) is 17.0 Å². The van der Waals surface area contributed by atoms with Crippen molar-refractivity contribution in [3.63, 3.8) is 0 Å². The highest BCUT2D eigenvalue weighted by Gasteiger charge is 2.35. The maximum Gasteiger partial charge on any atom is 0.322 e. The minimum Gasteiger partial charge on any atom is -0.494 e. The van der Waals surface area contributed by atoms with Crippen molar-refractivity contribution in [3.05, 3.63) is 65.5 Å². The molecule has 0 aliphatic carbocycles. The standard InChI is InChI=1S/C22H22N4O4/c1-3-29-18-9-7-17(8-10-18)26-13-16(12-19(26)27)21-24-25-22(30-21)23-20(28)15-6-4-5-14(2)11-15/h4-11,16H,3,12-13H2,1-2H3,(H,23,25,28)/t16-/m1/s1. The quantitative estimate of drug-likeness (QED) is 0.672. The van der Waals surface area contributed by atoms with E-state index in [4.69, 9.17) is 9.15 Å². The summed E-state index contributed by atoms with van der Waals surface area (Å²) in [4.78, 5) is 26.5. The first-order valence-corrected chi connectivity index (χ1v) is 9.78. The van der Waals surface area contributed by atoms with Gasteiger partial charge in [0.2, 0.25) is 11.8 Å². The van der Waals surface area contributed by atoms with E-state index in [0.29, 0.717) is 24.6 Å². The van der Waals surface area contributed by atoms with Gasteiger partial charge in [-0.15, -0.1) is 5.10 Å². The highest BCUT2D eigenvalue weighted by atomic mass is 16.5. The Bertz CT molecular complexity index is 1060. The van der Waals surface area contributed by atoms with Gasteiger partial charge in [0.1, 0.15) is 5.75 Å². The van der Waals surface area contributed by atoms with E-state index >= 15 is 0 Å². The molecule has 8 nitrogen and oxygen atoms in total. The van der Waals surface area contributed by atoms with Gasteiger partial charge < -0.3 is 14.1 Å². The lowest BCUT2D eigenvalue weighted by Gasteiger charge is -2.16. The van der Waals surface area contributed by atoms with E-state index in [0.717, 1.165) is 17.0 Å². The normalized spacial score (nSPS) is 16.0. The number of nitrogens with zero attached hydrogens (tertiary/aromatic N) is 3. The fourth-order valence-electron chi connectivity index (χ4n) is 3.42. The SMILES string of the molecule is CCOc1ccc(N2C[C@H](c3nnc(NC(=O)c4cccc(C)c4)o3)CC2=O)cc1. The first-order chi connectivity index (χ1) is 14.5. The Morgan fingerprint density at radius 1 is 1.23 bits per heavy atom. The summed E-state index contributed by atoms with van der Waals surface area (Å²) in [6, 6.07) is 14.6. The number of rotatable bonds is 6. The highest BCUT2D eigenvalue weighted by molar-refractivity contribution is 6.03. The average molecular weight is 406 g/mol. The van der Waals surface area contributed by atoms with Gasteiger partial charge >= 0.3 is 6.01 Å². The minimum atomic E-state index is -0.326. The Hall–Kier alpha value is -3.68. The van der Waals surface area contributed by atoms with Crippen LogP contribution in [0, 0.1) is 6.92 Å². The fourth-order valence-corrected chi connectivity index (χ4v) is 3.42. The number of benzene rings is 2. The number of hydrogen-bond donors (Lipinski definition) is 1. The Morgan fingerprint density at radius 3 is 2.77 bits per heavy atom. The first-order valence-electron chi connectivity index (χ1n) is 9.78. The summed E-state index contributed by atoms with van der Waals surface area (Å²) in [6.07, 6.45) is 0.265. The third-order valence-electron chi connectivity index (χ3n) is 4.88. The third kappa shape index (κ3) is 4.17. The molecule has 2 heterocycles. The van der Waals surface area contributed by atoms with Crippen LogP contribution in [0.1, 0.15) is 41.1 Å². The zero-order chi connectivity index (χ0) is 21.1. The van der Waals surface area contributed by atoms with Crippen molar-refractivity contribution < 1.29 is 18.7 Å². The van der Waals surface area contributed by atoms with Crippen LogP contribution in [0.25, 0.3) is 0 Å². The lowest BCUT2D eigenvalue weighted by atomic mass is 10.1. The number of carbonyl (C=O) groups is 2. The van der Waals surface area contributed by atoms with Crippen molar-refractivity contribution in [1.29, 1.82) is 0 Å². The molecule has 2 amide bonds. The zero-order valence-corrected chi connectivity index (χ0v) is 16.8. The summed E-state index contributed by atoms with van der Waals surface area (Å²) in [6.45, 7) is 4.85. The van der Waals surface area contributed by atoms with Gasteiger partial charge in [0.25, 0.3) is 5.91 Å². The van der Waals surface area contributed by atoms with Gasteiger partial charge in [-0.25, -0.2) is 0 Å². The Labute approximate surface area is 173 Å². The second-order valence-corrected chi connectivity index (χ2v) is 7.10. The number of carbonyl (C=O) groups excluding carboxylic acids is 2. The van der Waals surface area contributed by atoms with Crippen LogP contribution < -0.4 is 15.0 Å². The topological polar surface area (TPSA) is 97.6 Å². The number of ether oxygens (including phenoxy) is 1. The molecule has 4 rings (SSSR count). The molecular weight excluding hydrogens is 384 g/mol. The summed E-state index contributed by atoms with van der Waals surface area (Å²) < 4.78 is 11.1. The largest absolute Gasteiger partial charge is 0.494 e. The van der Waals surface area contributed by atoms with E-state index in [-0.39, 0.29) is 30.2 Å². The molecule has 1 fully saturated rings. The van der Waals surface area contributed by atoms with E-state index in [1.807, 2.05) is 50.2 Å². The van der Waals surface area contributed by atoms with Gasteiger partial charge in [-0.1, -0.05) is 22.8 Å². The molecule has 30 heavy (non-hydrogen) atoms. The Morgan fingerprint density at radius 2 is 2.03 bits per heavy atom. The Kier molecular flexibility index (Phi) is 5.47. The summed E-state index contributed by atoms with van der Waals surface area (Å²) in [5.74, 6) is 0.507. The van der Waals surface area contributed by atoms with Crippen molar-refractivity contribution in [3.8, 4) is 5.75 Å². The molecule has 154 valence electrons. The molecule has 1 aliphatic heterocycles. The van der Waals surface area contributed by atoms with Gasteiger partial charge in [0.05, 0.1) is 12.5 Å². The van der Waals surface area contributed by atoms with Crippen LogP contribution >= 0.6 is 0 Å².